The Bertz CT molecular complexity index is 1560. The van der Waals surface area contributed by atoms with E-state index in [0.717, 1.165) is 23.6 Å². The first-order valence-electron chi connectivity index (χ1n) is 11.8. The van der Waals surface area contributed by atoms with Gasteiger partial charge in [-0.15, -0.1) is 11.3 Å². The zero-order valence-corrected chi connectivity index (χ0v) is 20.6. The van der Waals surface area contributed by atoms with Gasteiger partial charge in [0.25, 0.3) is 5.91 Å². The van der Waals surface area contributed by atoms with Gasteiger partial charge < -0.3 is 14.4 Å². The molecule has 0 atom stereocenters. The molecule has 0 aliphatic carbocycles. The number of nitrogens with zero attached hydrogens (tertiary/aromatic N) is 3. The molecule has 12 heteroatoms. The highest BCUT2D eigenvalue weighted by atomic mass is 32.1. The first kappa shape index (κ1) is 24.4. The van der Waals surface area contributed by atoms with E-state index in [-0.39, 0.29) is 20.7 Å². The van der Waals surface area contributed by atoms with Crippen molar-refractivity contribution in [1.29, 1.82) is 0 Å². The van der Waals surface area contributed by atoms with E-state index in [1.165, 1.54) is 0 Å². The van der Waals surface area contributed by atoms with E-state index in [2.05, 4.69) is 10.4 Å². The van der Waals surface area contributed by atoms with Crippen molar-refractivity contribution in [3.63, 3.8) is 0 Å². The Kier molecular flexibility index (Phi) is 6.28. The predicted octanol–water partition coefficient (Wildman–Crippen LogP) is 4.90. The summed E-state index contributed by atoms with van der Waals surface area (Å²) in [7, 11) is 0. The fourth-order valence-corrected chi connectivity index (χ4v) is 5.90. The number of hydrogen-bond donors (Lipinski definition) is 1. The van der Waals surface area contributed by atoms with Crippen LogP contribution in [-0.2, 0) is 4.74 Å². The van der Waals surface area contributed by atoms with Crippen molar-refractivity contribution in [1.82, 2.24) is 10.4 Å². The van der Waals surface area contributed by atoms with Gasteiger partial charge in [-0.2, -0.15) is 0 Å². The van der Waals surface area contributed by atoms with E-state index < -0.39 is 34.7 Å². The van der Waals surface area contributed by atoms with Gasteiger partial charge in [-0.1, -0.05) is 12.1 Å². The summed E-state index contributed by atoms with van der Waals surface area (Å²) in [5, 5.41) is 1.66. The minimum absolute atomic E-state index is 0.0999. The Hall–Kier alpha value is -3.90. The summed E-state index contributed by atoms with van der Waals surface area (Å²) < 4.78 is 69.3. The number of carbonyl (C=O) groups excluding carboxylic acids is 1. The lowest BCUT2D eigenvalue weighted by molar-refractivity contribution is 0.0948. The highest BCUT2D eigenvalue weighted by molar-refractivity contribution is 7.22. The van der Waals surface area contributed by atoms with Gasteiger partial charge in [0, 0.05) is 30.3 Å². The fourth-order valence-electron chi connectivity index (χ4n) is 4.68. The minimum atomic E-state index is -1.45. The van der Waals surface area contributed by atoms with Crippen LogP contribution in [0.4, 0.5) is 28.9 Å². The molecule has 0 saturated carbocycles. The van der Waals surface area contributed by atoms with Crippen LogP contribution in [-0.4, -0.2) is 50.3 Å². The van der Waals surface area contributed by atoms with Crippen molar-refractivity contribution in [2.75, 3.05) is 49.4 Å². The van der Waals surface area contributed by atoms with E-state index in [1.807, 2.05) is 17.0 Å². The number of hydrogen-bond acceptors (Lipinski definition) is 7. The van der Waals surface area contributed by atoms with Gasteiger partial charge in [0.15, 0.2) is 17.5 Å². The largest absolute Gasteiger partial charge is 0.489 e. The van der Waals surface area contributed by atoms with Crippen molar-refractivity contribution >= 4 is 38.8 Å². The second-order valence-corrected chi connectivity index (χ2v) is 9.72. The summed E-state index contributed by atoms with van der Waals surface area (Å²) in [6.07, 6.45) is 0.872. The van der Waals surface area contributed by atoms with Crippen LogP contribution in [0.3, 0.4) is 0 Å². The molecule has 2 aliphatic rings. The zero-order chi connectivity index (χ0) is 26.4. The molecular formula is C26H20F4N4O3S. The summed E-state index contributed by atoms with van der Waals surface area (Å²) in [6, 6.07) is 8.35. The van der Waals surface area contributed by atoms with Gasteiger partial charge in [-0.05, 0) is 18.2 Å². The number of morpholine rings is 1. The van der Waals surface area contributed by atoms with E-state index in [0.29, 0.717) is 62.6 Å². The molecule has 6 rings (SSSR count). The Morgan fingerprint density at radius 1 is 1.00 bits per heavy atom. The Balaban J connectivity index is 1.50. The molecular weight excluding hydrogens is 524 g/mol. The third-order valence-corrected chi connectivity index (χ3v) is 7.58. The van der Waals surface area contributed by atoms with Crippen LogP contribution in [0, 0.1) is 23.3 Å². The van der Waals surface area contributed by atoms with Gasteiger partial charge in [0.05, 0.1) is 42.0 Å². The van der Waals surface area contributed by atoms with Gasteiger partial charge in [0.2, 0.25) is 0 Å². The molecule has 1 saturated heterocycles. The first-order valence-corrected chi connectivity index (χ1v) is 12.6. The lowest BCUT2D eigenvalue weighted by Crippen LogP contribution is -2.47. The van der Waals surface area contributed by atoms with E-state index in [9.17, 15) is 18.0 Å². The number of thiophene rings is 1. The number of amides is 1. The smallest absolute Gasteiger partial charge is 0.282 e. The van der Waals surface area contributed by atoms with E-state index in [4.69, 9.17) is 9.47 Å². The van der Waals surface area contributed by atoms with E-state index >= 15 is 4.39 Å². The highest BCUT2D eigenvalue weighted by Gasteiger charge is 2.31. The number of ether oxygens (including phenoxy) is 2. The van der Waals surface area contributed by atoms with Crippen LogP contribution < -0.4 is 20.1 Å². The normalized spacial score (nSPS) is 15.4. The standard InChI is InChI=1S/C26H20F4N4O3S/c27-14-11-15(21(30)16(28)12-14)20-17(29)13-31-22-23(33-5-8-36-9-6-33)25(38-24(20)22)26(35)32-34-7-10-37-19-4-2-1-3-18(19)34/h1-4,11-13H,5-10H2,(H,32,35). The second-order valence-electron chi connectivity index (χ2n) is 8.70. The predicted molar refractivity (Wildman–Crippen MR) is 135 cm³/mol. The molecule has 196 valence electrons. The maximum absolute atomic E-state index is 15.1. The monoisotopic (exact) mass is 544 g/mol. The quantitative estimate of drug-likeness (QED) is 0.291. The van der Waals surface area contributed by atoms with Crippen molar-refractivity contribution in [2.24, 2.45) is 0 Å². The molecule has 0 unspecified atom stereocenters. The van der Waals surface area contributed by atoms with Crippen LogP contribution in [0.1, 0.15) is 9.67 Å². The second kappa shape index (κ2) is 9.76. The highest BCUT2D eigenvalue weighted by Crippen LogP contribution is 2.44. The number of halogens is 4. The molecule has 1 amide bonds. The summed E-state index contributed by atoms with van der Waals surface area (Å²) in [6.45, 7) is 2.39. The summed E-state index contributed by atoms with van der Waals surface area (Å²) >= 11 is 0.885. The number of pyridine rings is 1. The molecule has 1 fully saturated rings. The van der Waals surface area contributed by atoms with Crippen molar-refractivity contribution in [3.8, 4) is 16.9 Å². The molecule has 38 heavy (non-hydrogen) atoms. The van der Waals surface area contributed by atoms with E-state index in [1.54, 1.807) is 17.1 Å². The molecule has 4 heterocycles. The summed E-state index contributed by atoms with van der Waals surface area (Å²) in [4.78, 5) is 20.0. The molecule has 1 N–H and O–H groups in total. The topological polar surface area (TPSA) is 66.9 Å². The van der Waals surface area contributed by atoms with Gasteiger partial charge >= 0.3 is 0 Å². The van der Waals surface area contributed by atoms with Crippen LogP contribution in [0.15, 0.2) is 42.6 Å². The maximum Gasteiger partial charge on any atom is 0.282 e. The van der Waals surface area contributed by atoms with Crippen molar-refractivity contribution in [2.45, 2.75) is 0 Å². The maximum atomic E-state index is 15.1. The third-order valence-electron chi connectivity index (χ3n) is 6.39. The molecule has 0 spiro atoms. The van der Waals surface area contributed by atoms with Gasteiger partial charge in [0.1, 0.15) is 28.6 Å². The zero-order valence-electron chi connectivity index (χ0n) is 19.8. The Labute approximate surface area is 218 Å². The van der Waals surface area contributed by atoms with Crippen LogP contribution in [0.2, 0.25) is 0 Å². The summed E-state index contributed by atoms with van der Waals surface area (Å²) in [5.74, 6) is -4.75. The van der Waals surface area contributed by atoms with Crippen LogP contribution >= 0.6 is 11.3 Å². The van der Waals surface area contributed by atoms with Crippen LogP contribution in [0.25, 0.3) is 21.3 Å². The number of anilines is 2. The molecule has 0 radical (unpaired) electrons. The number of aromatic nitrogens is 1. The average Bonchev–Trinajstić information content (AvgIpc) is 3.31. The number of benzene rings is 2. The lowest BCUT2D eigenvalue weighted by Gasteiger charge is -2.32. The van der Waals surface area contributed by atoms with Crippen LogP contribution in [0.5, 0.6) is 5.75 Å². The fraction of sp³-hybridized carbons (Fsp3) is 0.231. The SMILES string of the molecule is O=C(NN1CCOc2ccccc21)c1sc2c(-c3cc(F)cc(F)c3F)c(F)cnc2c1N1CCOCC1. The molecule has 2 aliphatic heterocycles. The number of para-hydroxylation sites is 2. The molecule has 2 aromatic carbocycles. The van der Waals surface area contributed by atoms with Crippen molar-refractivity contribution in [3.05, 3.63) is 70.7 Å². The third kappa shape index (κ3) is 4.19. The molecule has 7 nitrogen and oxygen atoms in total. The summed E-state index contributed by atoms with van der Waals surface area (Å²) in [5.41, 5.74) is 3.26. The molecule has 0 bridgehead atoms. The average molecular weight is 545 g/mol. The molecule has 2 aromatic heterocycles. The van der Waals surface area contributed by atoms with Gasteiger partial charge in [-0.3, -0.25) is 20.2 Å². The first-order chi connectivity index (χ1) is 18.4. The number of carbonyl (C=O) groups is 1. The number of hydrazine groups is 1. The number of rotatable bonds is 4. The number of nitrogens with one attached hydrogen (secondary N) is 1. The Morgan fingerprint density at radius 2 is 1.79 bits per heavy atom. The van der Waals surface area contributed by atoms with Crippen molar-refractivity contribution < 1.29 is 31.8 Å². The Morgan fingerprint density at radius 3 is 2.61 bits per heavy atom. The van der Waals surface area contributed by atoms with Gasteiger partial charge in [-0.25, -0.2) is 17.6 Å². The molecule has 4 aromatic rings. The number of fused-ring (bicyclic) bond motifs is 2. The minimum Gasteiger partial charge on any atom is -0.489 e. The lowest BCUT2D eigenvalue weighted by atomic mass is 10.0.